The normalized spacial score (nSPS) is 11.8. The minimum atomic E-state index is -0.608. The maximum absolute atomic E-state index is 14.0. The molecule has 30 heavy (non-hydrogen) atoms. The number of hydrogen-bond acceptors (Lipinski definition) is 4. The molecule has 0 atom stereocenters. The Morgan fingerprint density at radius 1 is 1.00 bits per heavy atom. The van der Waals surface area contributed by atoms with Crippen molar-refractivity contribution < 1.29 is 23.5 Å². The number of benzene rings is 3. The minimum absolute atomic E-state index is 0.0376. The van der Waals surface area contributed by atoms with E-state index >= 15 is 0 Å². The van der Waals surface area contributed by atoms with E-state index in [4.69, 9.17) is 9.47 Å². The van der Waals surface area contributed by atoms with Gasteiger partial charge in [0, 0.05) is 18.2 Å². The first-order valence-electron chi connectivity index (χ1n) is 9.34. The number of fused-ring (bicyclic) bond motifs is 1. The number of carbonyl (C=O) groups excluding carboxylic acids is 2. The first-order chi connectivity index (χ1) is 14.5. The molecule has 3 aromatic rings. The molecule has 7 heteroatoms. The van der Waals surface area contributed by atoms with E-state index in [1.165, 1.54) is 25.1 Å². The van der Waals surface area contributed by atoms with Crippen molar-refractivity contribution in [3.63, 3.8) is 0 Å². The van der Waals surface area contributed by atoms with E-state index in [9.17, 15) is 14.0 Å². The van der Waals surface area contributed by atoms with Crippen LogP contribution in [-0.2, 0) is 11.3 Å². The third kappa shape index (κ3) is 4.10. The van der Waals surface area contributed by atoms with Crippen LogP contribution in [0, 0.1) is 5.82 Å². The third-order valence-corrected chi connectivity index (χ3v) is 4.61. The van der Waals surface area contributed by atoms with Crippen LogP contribution in [0.25, 0.3) is 0 Å². The molecule has 0 aromatic heterocycles. The molecule has 0 unspecified atom stereocenters. The number of ether oxygens (including phenoxy) is 2. The molecule has 1 aliphatic heterocycles. The van der Waals surface area contributed by atoms with Crippen LogP contribution < -0.4 is 19.7 Å². The molecule has 4 rings (SSSR count). The lowest BCUT2D eigenvalue weighted by Gasteiger charge is -2.23. The Balaban J connectivity index is 1.68. The van der Waals surface area contributed by atoms with E-state index in [-0.39, 0.29) is 30.5 Å². The van der Waals surface area contributed by atoms with Crippen molar-refractivity contribution in [2.45, 2.75) is 13.5 Å². The topological polar surface area (TPSA) is 67.9 Å². The van der Waals surface area contributed by atoms with Gasteiger partial charge in [-0.05, 0) is 48.0 Å². The lowest BCUT2D eigenvalue weighted by atomic mass is 10.1. The molecule has 1 N–H and O–H groups in total. The predicted molar refractivity (Wildman–Crippen MR) is 110 cm³/mol. The molecule has 1 heterocycles. The second-order valence-electron chi connectivity index (χ2n) is 6.79. The van der Waals surface area contributed by atoms with Crippen molar-refractivity contribution in [1.29, 1.82) is 0 Å². The van der Waals surface area contributed by atoms with Gasteiger partial charge in [-0.3, -0.25) is 9.59 Å². The average molecular weight is 406 g/mol. The Labute approximate surface area is 172 Å². The highest BCUT2D eigenvalue weighted by Crippen LogP contribution is 2.33. The van der Waals surface area contributed by atoms with E-state index in [0.29, 0.717) is 17.2 Å². The highest BCUT2D eigenvalue weighted by atomic mass is 19.1. The number of nitrogens with zero attached hydrogens (tertiary/aromatic N) is 1. The van der Waals surface area contributed by atoms with E-state index in [1.54, 1.807) is 11.0 Å². The first kappa shape index (κ1) is 19.4. The van der Waals surface area contributed by atoms with Gasteiger partial charge in [-0.25, -0.2) is 4.39 Å². The maximum Gasteiger partial charge on any atom is 0.258 e. The number of rotatable bonds is 5. The molecule has 0 bridgehead atoms. The summed E-state index contributed by atoms with van der Waals surface area (Å²) < 4.78 is 24.8. The van der Waals surface area contributed by atoms with Gasteiger partial charge in [0.15, 0.2) is 11.5 Å². The second-order valence-corrected chi connectivity index (χ2v) is 6.79. The van der Waals surface area contributed by atoms with Gasteiger partial charge in [0.2, 0.25) is 12.7 Å². The number of carbonyl (C=O) groups is 2. The fourth-order valence-electron chi connectivity index (χ4n) is 3.21. The fourth-order valence-corrected chi connectivity index (χ4v) is 3.21. The van der Waals surface area contributed by atoms with Gasteiger partial charge in [-0.15, -0.1) is 0 Å². The molecule has 2 amide bonds. The van der Waals surface area contributed by atoms with Gasteiger partial charge in [0.25, 0.3) is 5.91 Å². The number of anilines is 2. The molecule has 6 nitrogen and oxygen atoms in total. The van der Waals surface area contributed by atoms with Crippen LogP contribution in [0.4, 0.5) is 15.8 Å². The summed E-state index contributed by atoms with van der Waals surface area (Å²) in [6.07, 6.45) is 0. The van der Waals surface area contributed by atoms with Crippen molar-refractivity contribution >= 4 is 23.2 Å². The molecule has 1 aliphatic rings. The van der Waals surface area contributed by atoms with Crippen LogP contribution in [0.15, 0.2) is 66.7 Å². The van der Waals surface area contributed by atoms with E-state index < -0.39 is 11.7 Å². The molecular weight excluding hydrogens is 387 g/mol. The van der Waals surface area contributed by atoms with Crippen molar-refractivity contribution in [2.24, 2.45) is 0 Å². The molecule has 152 valence electrons. The maximum atomic E-state index is 14.0. The zero-order chi connectivity index (χ0) is 21.1. The molecule has 0 saturated heterocycles. The molecule has 0 spiro atoms. The molecule has 0 aliphatic carbocycles. The summed E-state index contributed by atoms with van der Waals surface area (Å²) in [4.78, 5) is 26.3. The smallest absolute Gasteiger partial charge is 0.258 e. The van der Waals surface area contributed by atoms with Crippen molar-refractivity contribution in [3.05, 3.63) is 83.7 Å². The quantitative estimate of drug-likeness (QED) is 0.684. The van der Waals surface area contributed by atoms with Crippen molar-refractivity contribution in [1.82, 2.24) is 0 Å². The average Bonchev–Trinajstić information content (AvgIpc) is 3.21. The minimum Gasteiger partial charge on any atom is -0.454 e. The van der Waals surface area contributed by atoms with Crippen LogP contribution >= 0.6 is 0 Å². The summed E-state index contributed by atoms with van der Waals surface area (Å²) in [5, 5.41) is 2.41. The fraction of sp³-hybridized carbons (Fsp3) is 0.130. The van der Waals surface area contributed by atoms with Crippen LogP contribution in [0.5, 0.6) is 11.5 Å². The number of hydrogen-bond donors (Lipinski definition) is 1. The summed E-state index contributed by atoms with van der Waals surface area (Å²) in [6, 6.07) is 18.6. The predicted octanol–water partition coefficient (Wildman–Crippen LogP) is 4.36. The van der Waals surface area contributed by atoms with E-state index in [1.807, 2.05) is 42.5 Å². The number of amides is 2. The standard InChI is InChI=1S/C23H19FN2O4/c1-15(27)25-20-12-17(8-9-19(20)24)23(28)26(18-5-3-2-4-6-18)13-16-7-10-21-22(11-16)30-14-29-21/h2-12H,13-14H2,1H3,(H,25,27). The SMILES string of the molecule is CC(=O)Nc1cc(C(=O)N(Cc2ccc3c(c2)OCO3)c2ccccc2)ccc1F. The summed E-state index contributed by atoms with van der Waals surface area (Å²) in [7, 11) is 0. The summed E-state index contributed by atoms with van der Waals surface area (Å²) >= 11 is 0. The van der Waals surface area contributed by atoms with Gasteiger partial charge < -0.3 is 19.7 Å². The lowest BCUT2D eigenvalue weighted by molar-refractivity contribution is -0.114. The van der Waals surface area contributed by atoms with Crippen molar-refractivity contribution in [3.8, 4) is 11.5 Å². The number of para-hydroxylation sites is 1. The third-order valence-electron chi connectivity index (χ3n) is 4.61. The van der Waals surface area contributed by atoms with Crippen LogP contribution in [0.3, 0.4) is 0 Å². The molecule has 0 fully saturated rings. The molecule has 0 radical (unpaired) electrons. The molecule has 0 saturated carbocycles. The Morgan fingerprint density at radius 2 is 1.77 bits per heavy atom. The van der Waals surface area contributed by atoms with E-state index in [0.717, 1.165) is 5.56 Å². The van der Waals surface area contributed by atoms with Gasteiger partial charge >= 0.3 is 0 Å². The summed E-state index contributed by atoms with van der Waals surface area (Å²) in [5.74, 6) is -0.0643. The highest BCUT2D eigenvalue weighted by molar-refractivity contribution is 6.07. The zero-order valence-corrected chi connectivity index (χ0v) is 16.2. The molecule has 3 aromatic carbocycles. The Kier molecular flexibility index (Phi) is 5.34. The van der Waals surface area contributed by atoms with Crippen molar-refractivity contribution in [2.75, 3.05) is 17.0 Å². The summed E-state index contributed by atoms with van der Waals surface area (Å²) in [6.45, 7) is 1.72. The lowest BCUT2D eigenvalue weighted by Crippen LogP contribution is -2.30. The largest absolute Gasteiger partial charge is 0.454 e. The van der Waals surface area contributed by atoms with Gasteiger partial charge in [-0.1, -0.05) is 24.3 Å². The Hall–Kier alpha value is -3.87. The Bertz CT molecular complexity index is 1100. The van der Waals surface area contributed by atoms with Gasteiger partial charge in [-0.2, -0.15) is 0 Å². The number of halogens is 1. The Morgan fingerprint density at radius 3 is 2.53 bits per heavy atom. The number of nitrogens with one attached hydrogen (secondary N) is 1. The van der Waals surface area contributed by atoms with Crippen LogP contribution in [-0.4, -0.2) is 18.6 Å². The molecular formula is C23H19FN2O4. The zero-order valence-electron chi connectivity index (χ0n) is 16.2. The summed E-state index contributed by atoms with van der Waals surface area (Å²) in [5.41, 5.74) is 1.75. The van der Waals surface area contributed by atoms with Crippen LogP contribution in [0.1, 0.15) is 22.8 Å². The van der Waals surface area contributed by atoms with E-state index in [2.05, 4.69) is 5.32 Å². The highest BCUT2D eigenvalue weighted by Gasteiger charge is 2.21. The van der Waals surface area contributed by atoms with Gasteiger partial charge in [0.1, 0.15) is 5.82 Å². The van der Waals surface area contributed by atoms with Crippen LogP contribution in [0.2, 0.25) is 0 Å². The first-order valence-corrected chi connectivity index (χ1v) is 9.34. The second kappa shape index (κ2) is 8.24. The van der Waals surface area contributed by atoms with Gasteiger partial charge in [0.05, 0.1) is 12.2 Å². The monoisotopic (exact) mass is 406 g/mol.